The SMILES string of the molecule is Cc1cn(-c2ccc([C@@H](O)[C@@H](CF)NC(=O)C(F)F)cc2)cn1. The number of hydrogen-bond donors (Lipinski definition) is 2. The Hall–Kier alpha value is -2.35. The summed E-state index contributed by atoms with van der Waals surface area (Å²) in [5.41, 5.74) is 1.92. The Balaban J connectivity index is 2.12. The average molecular weight is 327 g/mol. The largest absolute Gasteiger partial charge is 0.386 e. The number of halogens is 3. The van der Waals surface area contributed by atoms with Crippen LogP contribution in [0.4, 0.5) is 13.2 Å². The number of benzene rings is 1. The van der Waals surface area contributed by atoms with Crippen molar-refractivity contribution in [1.82, 2.24) is 14.9 Å². The second-order valence-electron chi connectivity index (χ2n) is 5.03. The van der Waals surface area contributed by atoms with Crippen molar-refractivity contribution in [3.8, 4) is 5.69 Å². The first-order chi connectivity index (χ1) is 10.9. The molecule has 0 spiro atoms. The number of amides is 1. The van der Waals surface area contributed by atoms with Gasteiger partial charge in [0.2, 0.25) is 0 Å². The molecule has 1 aromatic heterocycles. The number of aromatic nitrogens is 2. The topological polar surface area (TPSA) is 67.2 Å². The fraction of sp³-hybridized carbons (Fsp3) is 0.333. The van der Waals surface area contributed by atoms with Crippen molar-refractivity contribution >= 4 is 5.91 Å². The van der Waals surface area contributed by atoms with Gasteiger partial charge in [-0.25, -0.2) is 9.37 Å². The molecule has 1 amide bonds. The summed E-state index contributed by atoms with van der Waals surface area (Å²) in [6.07, 6.45) is -1.27. The second-order valence-corrected chi connectivity index (χ2v) is 5.03. The monoisotopic (exact) mass is 327 g/mol. The van der Waals surface area contributed by atoms with Crippen LogP contribution in [-0.2, 0) is 4.79 Å². The minimum absolute atomic E-state index is 0.308. The number of aliphatic hydroxyl groups excluding tert-OH is 1. The number of imidazole rings is 1. The lowest BCUT2D eigenvalue weighted by atomic mass is 10.0. The number of alkyl halides is 3. The van der Waals surface area contributed by atoms with Gasteiger partial charge in [-0.2, -0.15) is 8.78 Å². The second kappa shape index (κ2) is 7.28. The summed E-state index contributed by atoms with van der Waals surface area (Å²) in [7, 11) is 0. The summed E-state index contributed by atoms with van der Waals surface area (Å²) in [6.45, 7) is 0.675. The normalized spacial score (nSPS) is 13.8. The molecule has 1 aromatic carbocycles. The third-order valence-corrected chi connectivity index (χ3v) is 3.32. The van der Waals surface area contributed by atoms with E-state index in [2.05, 4.69) is 4.98 Å². The summed E-state index contributed by atoms with van der Waals surface area (Å²) < 4.78 is 39.1. The number of nitrogens with one attached hydrogen (secondary N) is 1. The minimum atomic E-state index is -3.26. The molecule has 0 saturated carbocycles. The summed E-state index contributed by atoms with van der Waals surface area (Å²) in [5.74, 6) is -1.61. The van der Waals surface area contributed by atoms with Gasteiger partial charge in [0.25, 0.3) is 5.91 Å². The van der Waals surface area contributed by atoms with E-state index >= 15 is 0 Å². The van der Waals surface area contributed by atoms with E-state index in [9.17, 15) is 23.1 Å². The van der Waals surface area contributed by atoms with Gasteiger partial charge < -0.3 is 15.0 Å². The maximum Gasteiger partial charge on any atom is 0.315 e. The number of carbonyl (C=O) groups excluding carboxylic acids is 1. The Labute approximate surface area is 130 Å². The highest BCUT2D eigenvalue weighted by molar-refractivity contribution is 5.79. The molecule has 0 aliphatic heterocycles. The number of nitrogens with zero attached hydrogens (tertiary/aromatic N) is 2. The van der Waals surface area contributed by atoms with E-state index < -0.39 is 31.2 Å². The highest BCUT2D eigenvalue weighted by Crippen LogP contribution is 2.20. The molecule has 0 aliphatic carbocycles. The molecular formula is C15H16F3N3O2. The lowest BCUT2D eigenvalue weighted by Gasteiger charge is -2.22. The number of rotatable bonds is 6. The van der Waals surface area contributed by atoms with Crippen LogP contribution in [0.2, 0.25) is 0 Å². The molecule has 2 N–H and O–H groups in total. The fourth-order valence-corrected chi connectivity index (χ4v) is 2.09. The highest BCUT2D eigenvalue weighted by atomic mass is 19.3. The van der Waals surface area contributed by atoms with Crippen molar-refractivity contribution in [2.24, 2.45) is 0 Å². The van der Waals surface area contributed by atoms with Crippen LogP contribution in [0.1, 0.15) is 17.4 Å². The van der Waals surface area contributed by atoms with E-state index in [1.807, 2.05) is 6.92 Å². The van der Waals surface area contributed by atoms with Gasteiger partial charge >= 0.3 is 6.43 Å². The molecule has 2 rings (SSSR count). The van der Waals surface area contributed by atoms with Gasteiger partial charge in [-0.1, -0.05) is 12.1 Å². The van der Waals surface area contributed by atoms with Gasteiger partial charge in [0.1, 0.15) is 12.8 Å². The zero-order chi connectivity index (χ0) is 17.0. The molecule has 23 heavy (non-hydrogen) atoms. The standard InChI is InChI=1S/C15H16F3N3O2/c1-9-7-21(8-19-9)11-4-2-10(3-5-11)13(22)12(6-16)20-15(23)14(17)18/h2-5,7-8,12-14,22H,6H2,1H3,(H,20,23)/t12-,13-/m1/s1. The molecule has 0 unspecified atom stereocenters. The first-order valence-electron chi connectivity index (χ1n) is 6.86. The molecule has 124 valence electrons. The van der Waals surface area contributed by atoms with Gasteiger partial charge in [0.15, 0.2) is 0 Å². The summed E-state index contributed by atoms with van der Waals surface area (Å²) in [4.78, 5) is 15.0. The van der Waals surface area contributed by atoms with Gasteiger partial charge in [0, 0.05) is 11.9 Å². The van der Waals surface area contributed by atoms with Crippen LogP contribution in [0.3, 0.4) is 0 Å². The average Bonchev–Trinajstić information content (AvgIpc) is 2.98. The predicted molar refractivity (Wildman–Crippen MR) is 77.2 cm³/mol. The lowest BCUT2D eigenvalue weighted by molar-refractivity contribution is -0.133. The van der Waals surface area contributed by atoms with Crippen LogP contribution in [0.25, 0.3) is 5.69 Å². The number of hydrogen-bond acceptors (Lipinski definition) is 3. The first-order valence-corrected chi connectivity index (χ1v) is 6.86. The Bertz CT molecular complexity index is 658. The van der Waals surface area contributed by atoms with Crippen LogP contribution in [0, 0.1) is 6.92 Å². The van der Waals surface area contributed by atoms with E-state index in [0.717, 1.165) is 11.4 Å². The third-order valence-electron chi connectivity index (χ3n) is 3.32. The molecule has 0 fully saturated rings. The van der Waals surface area contributed by atoms with E-state index in [1.165, 1.54) is 12.1 Å². The lowest BCUT2D eigenvalue weighted by Crippen LogP contribution is -2.43. The molecule has 1 heterocycles. The maximum absolute atomic E-state index is 12.9. The van der Waals surface area contributed by atoms with Crippen LogP contribution in [0.15, 0.2) is 36.8 Å². The van der Waals surface area contributed by atoms with Crippen molar-refractivity contribution in [3.05, 3.63) is 48.0 Å². The van der Waals surface area contributed by atoms with Gasteiger partial charge in [-0.3, -0.25) is 4.79 Å². The molecule has 8 heteroatoms. The van der Waals surface area contributed by atoms with Crippen LogP contribution in [-0.4, -0.2) is 39.7 Å². The smallest absolute Gasteiger partial charge is 0.315 e. The van der Waals surface area contributed by atoms with Gasteiger partial charge in [0.05, 0.1) is 18.1 Å². The fourth-order valence-electron chi connectivity index (χ4n) is 2.09. The zero-order valence-electron chi connectivity index (χ0n) is 12.3. The van der Waals surface area contributed by atoms with E-state index in [0.29, 0.717) is 5.56 Å². The molecule has 0 saturated heterocycles. The van der Waals surface area contributed by atoms with Crippen molar-refractivity contribution in [3.63, 3.8) is 0 Å². The summed E-state index contributed by atoms with van der Waals surface area (Å²) in [6, 6.07) is 4.98. The number of aryl methyl sites for hydroxylation is 1. The third kappa shape index (κ3) is 4.10. The van der Waals surface area contributed by atoms with Crippen LogP contribution in [0.5, 0.6) is 0 Å². The molecule has 5 nitrogen and oxygen atoms in total. The molecular weight excluding hydrogens is 311 g/mol. The maximum atomic E-state index is 12.9. The molecule has 0 aliphatic rings. The summed E-state index contributed by atoms with van der Waals surface area (Å²) >= 11 is 0. The first kappa shape index (κ1) is 17.0. The summed E-state index contributed by atoms with van der Waals surface area (Å²) in [5, 5.41) is 11.8. The van der Waals surface area contributed by atoms with Crippen molar-refractivity contribution in [1.29, 1.82) is 0 Å². The number of aliphatic hydroxyl groups is 1. The van der Waals surface area contributed by atoms with Gasteiger partial charge in [-0.05, 0) is 24.6 Å². The molecule has 0 bridgehead atoms. The van der Waals surface area contributed by atoms with Crippen molar-refractivity contribution in [2.75, 3.05) is 6.67 Å². The van der Waals surface area contributed by atoms with Crippen molar-refractivity contribution in [2.45, 2.75) is 25.5 Å². The van der Waals surface area contributed by atoms with E-state index in [-0.39, 0.29) is 0 Å². The Kier molecular flexibility index (Phi) is 5.38. The van der Waals surface area contributed by atoms with E-state index in [4.69, 9.17) is 0 Å². The Morgan fingerprint density at radius 1 is 1.35 bits per heavy atom. The molecule has 0 radical (unpaired) electrons. The van der Waals surface area contributed by atoms with Crippen LogP contribution >= 0.6 is 0 Å². The Morgan fingerprint density at radius 3 is 2.48 bits per heavy atom. The minimum Gasteiger partial charge on any atom is -0.386 e. The van der Waals surface area contributed by atoms with Crippen LogP contribution < -0.4 is 5.32 Å². The van der Waals surface area contributed by atoms with Gasteiger partial charge in [-0.15, -0.1) is 0 Å². The predicted octanol–water partition coefficient (Wildman–Crippen LogP) is 1.93. The quantitative estimate of drug-likeness (QED) is 0.852. The van der Waals surface area contributed by atoms with E-state index in [1.54, 1.807) is 34.5 Å². The molecule has 2 aromatic rings. The highest BCUT2D eigenvalue weighted by Gasteiger charge is 2.26. The Morgan fingerprint density at radius 2 is 2.00 bits per heavy atom. The number of carbonyl (C=O) groups is 1. The van der Waals surface area contributed by atoms with Crippen molar-refractivity contribution < 1.29 is 23.1 Å². The molecule has 2 atom stereocenters. The zero-order valence-corrected chi connectivity index (χ0v) is 12.3.